The predicted octanol–water partition coefficient (Wildman–Crippen LogP) is 5.53. The summed E-state index contributed by atoms with van der Waals surface area (Å²) < 4.78 is 11.1. The Morgan fingerprint density at radius 2 is 1.77 bits per heavy atom. The Bertz CT molecular complexity index is 1170. The third-order valence-corrected chi connectivity index (χ3v) is 4.71. The van der Waals surface area contributed by atoms with E-state index in [1.165, 1.54) is 0 Å². The molecule has 1 aromatic heterocycles. The van der Waals surface area contributed by atoms with Crippen LogP contribution in [0.1, 0.15) is 21.8 Å². The molecule has 150 valence electrons. The lowest BCUT2D eigenvalue weighted by Gasteiger charge is -2.11. The van der Waals surface area contributed by atoms with Crippen LogP contribution in [-0.2, 0) is 6.61 Å². The van der Waals surface area contributed by atoms with Gasteiger partial charge in [0.05, 0.1) is 16.3 Å². The molecule has 0 radical (unpaired) electrons. The maximum atomic E-state index is 12.7. The van der Waals surface area contributed by atoms with E-state index in [-0.39, 0.29) is 12.5 Å². The number of ether oxygens (including phenoxy) is 1. The molecule has 0 aliphatic rings. The number of para-hydroxylation sites is 2. The normalized spacial score (nSPS) is 10.6. The molecule has 0 saturated carbocycles. The summed E-state index contributed by atoms with van der Waals surface area (Å²) in [6.07, 6.45) is 0. The van der Waals surface area contributed by atoms with Crippen molar-refractivity contribution in [3.63, 3.8) is 0 Å². The SMILES string of the molecule is Cc1ccc(-c2noc(COc3ccccc3C(=O)Nc3ccccc3Cl)n2)cc1. The molecule has 7 heteroatoms. The lowest BCUT2D eigenvalue weighted by atomic mass is 10.1. The van der Waals surface area contributed by atoms with Crippen molar-refractivity contribution < 1.29 is 14.1 Å². The Morgan fingerprint density at radius 1 is 1.03 bits per heavy atom. The van der Waals surface area contributed by atoms with Gasteiger partial charge in [0.15, 0.2) is 6.61 Å². The lowest BCUT2D eigenvalue weighted by molar-refractivity contribution is 0.102. The molecule has 3 aromatic carbocycles. The fourth-order valence-corrected chi connectivity index (χ4v) is 2.99. The van der Waals surface area contributed by atoms with E-state index in [1.54, 1.807) is 48.5 Å². The molecule has 0 spiro atoms. The second kappa shape index (κ2) is 8.80. The van der Waals surface area contributed by atoms with Crippen molar-refractivity contribution in [3.8, 4) is 17.1 Å². The van der Waals surface area contributed by atoms with E-state index < -0.39 is 0 Å². The highest BCUT2D eigenvalue weighted by Gasteiger charge is 2.15. The van der Waals surface area contributed by atoms with E-state index in [0.29, 0.717) is 33.7 Å². The average Bonchev–Trinajstić information content (AvgIpc) is 3.23. The Hall–Kier alpha value is -3.64. The molecular weight excluding hydrogens is 402 g/mol. The molecule has 0 saturated heterocycles. The third kappa shape index (κ3) is 4.50. The van der Waals surface area contributed by atoms with Gasteiger partial charge in [-0.15, -0.1) is 0 Å². The fourth-order valence-electron chi connectivity index (χ4n) is 2.81. The van der Waals surface area contributed by atoms with E-state index in [9.17, 15) is 4.79 Å². The first kappa shape index (κ1) is 19.7. The first-order valence-electron chi connectivity index (χ1n) is 9.27. The van der Waals surface area contributed by atoms with Crippen molar-refractivity contribution in [1.82, 2.24) is 10.1 Å². The molecule has 1 amide bonds. The quantitative estimate of drug-likeness (QED) is 0.444. The topological polar surface area (TPSA) is 77.2 Å². The number of carbonyl (C=O) groups is 1. The Kier molecular flexibility index (Phi) is 5.77. The largest absolute Gasteiger partial charge is 0.483 e. The second-order valence-electron chi connectivity index (χ2n) is 6.60. The van der Waals surface area contributed by atoms with Crippen molar-refractivity contribution in [3.05, 3.63) is 94.8 Å². The Labute approximate surface area is 178 Å². The number of amides is 1. The van der Waals surface area contributed by atoms with Crippen LogP contribution >= 0.6 is 11.6 Å². The number of hydrogen-bond donors (Lipinski definition) is 1. The summed E-state index contributed by atoms with van der Waals surface area (Å²) in [6, 6.07) is 21.8. The van der Waals surface area contributed by atoms with E-state index in [1.807, 2.05) is 31.2 Å². The summed E-state index contributed by atoms with van der Waals surface area (Å²) in [7, 11) is 0. The molecule has 1 N–H and O–H groups in total. The number of benzene rings is 3. The zero-order valence-corrected chi connectivity index (χ0v) is 16.9. The zero-order valence-electron chi connectivity index (χ0n) is 16.1. The first-order valence-corrected chi connectivity index (χ1v) is 9.65. The van der Waals surface area contributed by atoms with Gasteiger partial charge in [-0.1, -0.05) is 70.9 Å². The number of rotatable bonds is 6. The van der Waals surface area contributed by atoms with E-state index in [0.717, 1.165) is 11.1 Å². The lowest BCUT2D eigenvalue weighted by Crippen LogP contribution is -2.14. The maximum Gasteiger partial charge on any atom is 0.264 e. The van der Waals surface area contributed by atoms with Gasteiger partial charge in [0, 0.05) is 5.56 Å². The van der Waals surface area contributed by atoms with Gasteiger partial charge in [0.2, 0.25) is 5.82 Å². The van der Waals surface area contributed by atoms with Gasteiger partial charge in [-0.2, -0.15) is 4.98 Å². The standard InChI is InChI=1S/C23H18ClN3O3/c1-15-10-12-16(13-11-15)22-26-21(30-27-22)14-29-20-9-5-2-6-17(20)23(28)25-19-8-4-3-7-18(19)24/h2-13H,14H2,1H3,(H,25,28). The van der Waals surface area contributed by atoms with Crippen molar-refractivity contribution in [2.75, 3.05) is 5.32 Å². The van der Waals surface area contributed by atoms with Crippen LogP contribution in [0.15, 0.2) is 77.3 Å². The molecule has 0 fully saturated rings. The van der Waals surface area contributed by atoms with Crippen LogP contribution in [0.25, 0.3) is 11.4 Å². The number of aromatic nitrogens is 2. The zero-order chi connectivity index (χ0) is 20.9. The number of aryl methyl sites for hydroxylation is 1. The smallest absolute Gasteiger partial charge is 0.264 e. The number of nitrogens with one attached hydrogen (secondary N) is 1. The minimum absolute atomic E-state index is 0.0370. The Morgan fingerprint density at radius 3 is 2.57 bits per heavy atom. The number of hydrogen-bond acceptors (Lipinski definition) is 5. The van der Waals surface area contributed by atoms with Gasteiger partial charge in [-0.3, -0.25) is 4.79 Å². The van der Waals surface area contributed by atoms with Crippen LogP contribution in [0.4, 0.5) is 5.69 Å². The van der Waals surface area contributed by atoms with Crippen LogP contribution in [0.2, 0.25) is 5.02 Å². The molecule has 0 aliphatic carbocycles. The van der Waals surface area contributed by atoms with Gasteiger partial charge in [0.25, 0.3) is 11.8 Å². The van der Waals surface area contributed by atoms with E-state index in [4.69, 9.17) is 20.9 Å². The highest BCUT2D eigenvalue weighted by molar-refractivity contribution is 6.33. The number of anilines is 1. The van der Waals surface area contributed by atoms with Crippen molar-refractivity contribution in [2.45, 2.75) is 13.5 Å². The molecule has 0 aliphatic heterocycles. The summed E-state index contributed by atoms with van der Waals surface area (Å²) in [5, 5.41) is 7.24. The summed E-state index contributed by atoms with van der Waals surface area (Å²) in [5.74, 6) is 0.868. The summed E-state index contributed by atoms with van der Waals surface area (Å²) in [6.45, 7) is 2.05. The molecule has 4 aromatic rings. The molecule has 0 unspecified atom stereocenters. The van der Waals surface area contributed by atoms with E-state index in [2.05, 4.69) is 15.5 Å². The molecule has 0 atom stereocenters. The molecule has 1 heterocycles. The van der Waals surface area contributed by atoms with Crippen LogP contribution in [0.3, 0.4) is 0 Å². The first-order chi connectivity index (χ1) is 14.6. The summed E-state index contributed by atoms with van der Waals surface area (Å²) in [5.41, 5.74) is 2.90. The van der Waals surface area contributed by atoms with Crippen LogP contribution in [0, 0.1) is 6.92 Å². The average molecular weight is 420 g/mol. The highest BCUT2D eigenvalue weighted by Crippen LogP contribution is 2.25. The van der Waals surface area contributed by atoms with E-state index >= 15 is 0 Å². The Balaban J connectivity index is 1.46. The van der Waals surface area contributed by atoms with Crippen LogP contribution in [0.5, 0.6) is 5.75 Å². The predicted molar refractivity (Wildman–Crippen MR) is 115 cm³/mol. The van der Waals surface area contributed by atoms with Crippen LogP contribution < -0.4 is 10.1 Å². The number of halogens is 1. The fraction of sp³-hybridized carbons (Fsp3) is 0.0870. The molecule has 6 nitrogen and oxygen atoms in total. The molecular formula is C23H18ClN3O3. The molecule has 4 rings (SSSR count). The highest BCUT2D eigenvalue weighted by atomic mass is 35.5. The minimum atomic E-state index is -0.329. The van der Waals surface area contributed by atoms with Gasteiger partial charge in [-0.05, 0) is 31.2 Å². The summed E-state index contributed by atoms with van der Waals surface area (Å²) in [4.78, 5) is 17.1. The van der Waals surface area contributed by atoms with Crippen molar-refractivity contribution in [1.29, 1.82) is 0 Å². The number of carbonyl (C=O) groups excluding carboxylic acids is 1. The van der Waals surface area contributed by atoms with Gasteiger partial charge in [-0.25, -0.2) is 0 Å². The second-order valence-corrected chi connectivity index (χ2v) is 7.00. The monoisotopic (exact) mass is 419 g/mol. The number of nitrogens with zero attached hydrogens (tertiary/aromatic N) is 2. The third-order valence-electron chi connectivity index (χ3n) is 4.38. The maximum absolute atomic E-state index is 12.7. The van der Waals surface area contributed by atoms with Gasteiger partial charge >= 0.3 is 0 Å². The minimum Gasteiger partial charge on any atom is -0.483 e. The van der Waals surface area contributed by atoms with Gasteiger partial charge < -0.3 is 14.6 Å². The van der Waals surface area contributed by atoms with Crippen LogP contribution in [-0.4, -0.2) is 16.0 Å². The molecule has 30 heavy (non-hydrogen) atoms. The molecule has 0 bridgehead atoms. The summed E-state index contributed by atoms with van der Waals surface area (Å²) >= 11 is 6.12. The van der Waals surface area contributed by atoms with Crippen molar-refractivity contribution in [2.24, 2.45) is 0 Å². The van der Waals surface area contributed by atoms with Crippen molar-refractivity contribution >= 4 is 23.2 Å². The van der Waals surface area contributed by atoms with Gasteiger partial charge in [0.1, 0.15) is 5.75 Å².